The van der Waals surface area contributed by atoms with Crippen molar-refractivity contribution in [1.82, 2.24) is 9.88 Å². The lowest BCUT2D eigenvalue weighted by molar-refractivity contribution is -0.137. The van der Waals surface area contributed by atoms with Crippen molar-refractivity contribution in [2.45, 2.75) is 58.5 Å². The maximum absolute atomic E-state index is 12.6. The van der Waals surface area contributed by atoms with E-state index in [9.17, 15) is 4.79 Å². The zero-order valence-electron chi connectivity index (χ0n) is 13.8. The minimum atomic E-state index is 0.198. The molecule has 0 aliphatic carbocycles. The van der Waals surface area contributed by atoms with Gasteiger partial charge in [0.15, 0.2) is 0 Å². The Labute approximate surface area is 133 Å². The lowest BCUT2D eigenvalue weighted by atomic mass is 9.95. The molecule has 0 N–H and O–H groups in total. The quantitative estimate of drug-likeness (QED) is 0.772. The molecule has 2 heterocycles. The number of rotatable bonds is 7. The zero-order valence-corrected chi connectivity index (χ0v) is 13.8. The lowest BCUT2D eigenvalue weighted by Gasteiger charge is -2.34. The molecule has 22 heavy (non-hydrogen) atoms. The van der Waals surface area contributed by atoms with Crippen molar-refractivity contribution in [3.8, 4) is 5.75 Å². The van der Waals surface area contributed by atoms with E-state index in [2.05, 4.69) is 18.8 Å². The molecule has 0 saturated carbocycles. The average molecular weight is 304 g/mol. The van der Waals surface area contributed by atoms with E-state index >= 15 is 0 Å². The van der Waals surface area contributed by atoms with Gasteiger partial charge in [-0.25, -0.2) is 0 Å². The minimum Gasteiger partial charge on any atom is -0.489 e. The molecule has 1 aliphatic heterocycles. The Bertz CT molecular complexity index is 436. The van der Waals surface area contributed by atoms with Crippen LogP contribution in [0, 0.1) is 5.92 Å². The van der Waals surface area contributed by atoms with Gasteiger partial charge in [-0.1, -0.05) is 26.7 Å². The van der Waals surface area contributed by atoms with Gasteiger partial charge in [-0.15, -0.1) is 0 Å². The second-order valence-corrected chi connectivity index (χ2v) is 6.11. The average Bonchev–Trinajstić information content (AvgIpc) is 2.56. The fraction of sp³-hybridized carbons (Fsp3) is 0.667. The summed E-state index contributed by atoms with van der Waals surface area (Å²) >= 11 is 0. The minimum absolute atomic E-state index is 0.198. The summed E-state index contributed by atoms with van der Waals surface area (Å²) in [7, 11) is 0. The van der Waals surface area contributed by atoms with Crippen LogP contribution in [0.2, 0.25) is 0 Å². The molecule has 0 bridgehead atoms. The maximum atomic E-state index is 12.6. The van der Waals surface area contributed by atoms with E-state index in [1.165, 1.54) is 0 Å². The van der Waals surface area contributed by atoms with Gasteiger partial charge in [-0.05, 0) is 25.0 Å². The van der Waals surface area contributed by atoms with E-state index in [1.807, 2.05) is 17.0 Å². The second-order valence-electron chi connectivity index (χ2n) is 6.11. The largest absolute Gasteiger partial charge is 0.489 e. The molecule has 1 aromatic heterocycles. The molecule has 4 nitrogen and oxygen atoms in total. The molecule has 1 amide bonds. The third-order valence-electron chi connectivity index (χ3n) is 4.31. The summed E-state index contributed by atoms with van der Waals surface area (Å²) in [5, 5.41) is 0. The summed E-state index contributed by atoms with van der Waals surface area (Å²) in [4.78, 5) is 18.7. The molecule has 1 fully saturated rings. The predicted octanol–water partition coefficient (Wildman–Crippen LogP) is 3.67. The summed E-state index contributed by atoms with van der Waals surface area (Å²) in [5.74, 6) is 1.39. The fourth-order valence-electron chi connectivity index (χ4n) is 3.15. The number of carbonyl (C=O) groups is 1. The van der Waals surface area contributed by atoms with E-state index in [-0.39, 0.29) is 12.0 Å². The molecule has 1 aliphatic rings. The van der Waals surface area contributed by atoms with Crippen LogP contribution < -0.4 is 4.74 Å². The molecule has 0 atom stereocenters. The van der Waals surface area contributed by atoms with Crippen LogP contribution in [-0.4, -0.2) is 35.0 Å². The third-order valence-corrected chi connectivity index (χ3v) is 4.31. The van der Waals surface area contributed by atoms with Crippen LogP contribution in [0.4, 0.5) is 0 Å². The van der Waals surface area contributed by atoms with Crippen LogP contribution in [-0.2, 0) is 4.79 Å². The van der Waals surface area contributed by atoms with Crippen LogP contribution >= 0.6 is 0 Å². The van der Waals surface area contributed by atoms with Gasteiger partial charge in [0.2, 0.25) is 5.91 Å². The first kappa shape index (κ1) is 16.8. The molecule has 1 aromatic rings. The van der Waals surface area contributed by atoms with Crippen LogP contribution in [0.25, 0.3) is 0 Å². The fourth-order valence-corrected chi connectivity index (χ4v) is 3.15. The molecule has 0 spiro atoms. The number of amides is 1. The Kier molecular flexibility index (Phi) is 6.69. The normalized spacial score (nSPS) is 16.0. The zero-order chi connectivity index (χ0) is 15.8. The van der Waals surface area contributed by atoms with Crippen molar-refractivity contribution in [1.29, 1.82) is 0 Å². The molecular formula is C18H28N2O2. The summed E-state index contributed by atoms with van der Waals surface area (Å²) in [6, 6.07) is 3.82. The molecular weight excluding hydrogens is 276 g/mol. The Balaban J connectivity index is 1.82. The van der Waals surface area contributed by atoms with Crippen molar-refractivity contribution < 1.29 is 9.53 Å². The number of nitrogens with zero attached hydrogens (tertiary/aromatic N) is 2. The van der Waals surface area contributed by atoms with Gasteiger partial charge in [-0.2, -0.15) is 0 Å². The molecule has 1 saturated heterocycles. The Hall–Kier alpha value is -1.58. The van der Waals surface area contributed by atoms with Crippen molar-refractivity contribution in [3.05, 3.63) is 24.5 Å². The molecule has 2 rings (SSSR count). The summed E-state index contributed by atoms with van der Waals surface area (Å²) < 4.78 is 5.94. The second kappa shape index (κ2) is 8.76. The van der Waals surface area contributed by atoms with Gasteiger partial charge in [0.05, 0.1) is 6.20 Å². The summed E-state index contributed by atoms with van der Waals surface area (Å²) in [6.45, 7) is 5.94. The number of carbonyl (C=O) groups excluding carboxylic acids is 1. The Morgan fingerprint density at radius 2 is 2.00 bits per heavy atom. The van der Waals surface area contributed by atoms with E-state index in [0.29, 0.717) is 5.91 Å². The van der Waals surface area contributed by atoms with Crippen LogP contribution in [0.5, 0.6) is 5.75 Å². The van der Waals surface area contributed by atoms with E-state index in [0.717, 1.165) is 57.4 Å². The van der Waals surface area contributed by atoms with Gasteiger partial charge < -0.3 is 9.64 Å². The van der Waals surface area contributed by atoms with E-state index < -0.39 is 0 Å². The first-order chi connectivity index (χ1) is 10.7. The number of ether oxygens (including phenoxy) is 1. The molecule has 0 aromatic carbocycles. The van der Waals surface area contributed by atoms with Crippen molar-refractivity contribution in [2.24, 2.45) is 5.92 Å². The third kappa shape index (κ3) is 4.72. The maximum Gasteiger partial charge on any atom is 0.225 e. The summed E-state index contributed by atoms with van der Waals surface area (Å²) in [6.07, 6.45) is 9.69. The highest BCUT2D eigenvalue weighted by Gasteiger charge is 2.28. The van der Waals surface area contributed by atoms with Crippen LogP contribution in [0.1, 0.15) is 52.4 Å². The first-order valence-corrected chi connectivity index (χ1v) is 8.60. The SMILES string of the molecule is CCCC(CCC)C(=O)N1CCC(Oc2cccnc2)CC1. The predicted molar refractivity (Wildman–Crippen MR) is 87.8 cm³/mol. The van der Waals surface area contributed by atoms with E-state index in [4.69, 9.17) is 4.74 Å². The number of likely N-dealkylation sites (tertiary alicyclic amines) is 1. The van der Waals surface area contributed by atoms with Crippen molar-refractivity contribution in [3.63, 3.8) is 0 Å². The highest BCUT2D eigenvalue weighted by Crippen LogP contribution is 2.22. The molecule has 4 heteroatoms. The molecule has 0 radical (unpaired) electrons. The monoisotopic (exact) mass is 304 g/mol. The van der Waals surface area contributed by atoms with Crippen molar-refractivity contribution >= 4 is 5.91 Å². The Morgan fingerprint density at radius 1 is 1.32 bits per heavy atom. The van der Waals surface area contributed by atoms with Crippen molar-refractivity contribution in [2.75, 3.05) is 13.1 Å². The highest BCUT2D eigenvalue weighted by atomic mass is 16.5. The number of hydrogen-bond donors (Lipinski definition) is 0. The highest BCUT2D eigenvalue weighted by molar-refractivity contribution is 5.78. The van der Waals surface area contributed by atoms with Gasteiger partial charge in [0.25, 0.3) is 0 Å². The van der Waals surface area contributed by atoms with E-state index in [1.54, 1.807) is 12.4 Å². The molecule has 0 unspecified atom stereocenters. The topological polar surface area (TPSA) is 42.4 Å². The van der Waals surface area contributed by atoms with Crippen LogP contribution in [0.3, 0.4) is 0 Å². The smallest absolute Gasteiger partial charge is 0.225 e. The van der Waals surface area contributed by atoms with Gasteiger partial charge >= 0.3 is 0 Å². The number of piperidine rings is 1. The number of aromatic nitrogens is 1. The number of hydrogen-bond acceptors (Lipinski definition) is 3. The van der Waals surface area contributed by atoms with Gasteiger partial charge in [0.1, 0.15) is 11.9 Å². The number of pyridine rings is 1. The van der Waals surface area contributed by atoms with Gasteiger partial charge in [-0.3, -0.25) is 9.78 Å². The van der Waals surface area contributed by atoms with Crippen LogP contribution in [0.15, 0.2) is 24.5 Å². The standard InChI is InChI=1S/C18H28N2O2/c1-3-6-15(7-4-2)18(21)20-12-9-16(10-13-20)22-17-8-5-11-19-14-17/h5,8,11,14-16H,3-4,6-7,9-10,12-13H2,1-2H3. The first-order valence-electron chi connectivity index (χ1n) is 8.60. The van der Waals surface area contributed by atoms with Gasteiger partial charge in [0, 0.05) is 38.0 Å². The summed E-state index contributed by atoms with van der Waals surface area (Å²) in [5.41, 5.74) is 0. The molecule has 122 valence electrons. The lowest BCUT2D eigenvalue weighted by Crippen LogP contribution is -2.44. The Morgan fingerprint density at radius 3 is 2.55 bits per heavy atom.